The average Bonchev–Trinajstić information content (AvgIpc) is 3.01. The molecular formula is C16H26N2O2S. The topological polar surface area (TPSA) is 52.6 Å². The summed E-state index contributed by atoms with van der Waals surface area (Å²) in [6.07, 6.45) is 6.99. The van der Waals surface area contributed by atoms with Gasteiger partial charge in [0.05, 0.1) is 13.2 Å². The smallest absolute Gasteiger partial charge is 0.234 e. The van der Waals surface area contributed by atoms with Gasteiger partial charge in [0.1, 0.15) is 0 Å². The Bertz CT molecular complexity index is 402. The fraction of sp³-hybridized carbons (Fsp3) is 0.688. The van der Waals surface area contributed by atoms with Crippen LogP contribution in [-0.2, 0) is 11.2 Å². The summed E-state index contributed by atoms with van der Waals surface area (Å²) in [6.45, 7) is 1.83. The number of carbonyl (C=O) groups excluding carboxylic acids is 1. The van der Waals surface area contributed by atoms with Crippen molar-refractivity contribution in [3.63, 3.8) is 0 Å². The highest BCUT2D eigenvalue weighted by atomic mass is 32.1. The fourth-order valence-electron chi connectivity index (χ4n) is 2.99. The van der Waals surface area contributed by atoms with Crippen LogP contribution in [-0.4, -0.2) is 48.2 Å². The van der Waals surface area contributed by atoms with E-state index >= 15 is 0 Å². The van der Waals surface area contributed by atoms with Gasteiger partial charge in [0.25, 0.3) is 0 Å². The molecular weight excluding hydrogens is 284 g/mol. The summed E-state index contributed by atoms with van der Waals surface area (Å²) in [5.74, 6) is 0.0746. The normalized spacial score (nSPS) is 16.3. The minimum absolute atomic E-state index is 0.0746. The van der Waals surface area contributed by atoms with Gasteiger partial charge in [-0.3, -0.25) is 9.69 Å². The summed E-state index contributed by atoms with van der Waals surface area (Å²) in [4.78, 5) is 15.5. The van der Waals surface area contributed by atoms with Gasteiger partial charge >= 0.3 is 0 Å². The molecule has 1 aromatic heterocycles. The summed E-state index contributed by atoms with van der Waals surface area (Å²) in [5.41, 5.74) is 0. The van der Waals surface area contributed by atoms with Gasteiger partial charge in [-0.15, -0.1) is 11.3 Å². The first-order chi connectivity index (χ1) is 10.3. The van der Waals surface area contributed by atoms with Gasteiger partial charge in [-0.2, -0.15) is 0 Å². The van der Waals surface area contributed by atoms with Crippen molar-refractivity contribution in [1.82, 2.24) is 10.2 Å². The first kappa shape index (κ1) is 16.5. The predicted molar refractivity (Wildman–Crippen MR) is 86.6 cm³/mol. The number of nitrogens with zero attached hydrogens (tertiary/aromatic N) is 1. The van der Waals surface area contributed by atoms with Crippen molar-refractivity contribution in [2.24, 2.45) is 0 Å². The zero-order valence-corrected chi connectivity index (χ0v) is 13.4. The number of carbonyl (C=O) groups is 1. The van der Waals surface area contributed by atoms with E-state index in [1.165, 1.54) is 24.1 Å². The van der Waals surface area contributed by atoms with E-state index in [1.807, 2.05) is 6.07 Å². The molecule has 4 nitrogen and oxygen atoms in total. The maximum atomic E-state index is 12.1. The molecule has 118 valence electrons. The van der Waals surface area contributed by atoms with Crippen LogP contribution in [0.4, 0.5) is 0 Å². The number of thiophene rings is 1. The van der Waals surface area contributed by atoms with Gasteiger partial charge in [0, 0.05) is 24.0 Å². The highest BCUT2D eigenvalue weighted by Crippen LogP contribution is 2.22. The molecule has 1 heterocycles. The van der Waals surface area contributed by atoms with Gasteiger partial charge in [0.15, 0.2) is 0 Å². The summed E-state index contributed by atoms with van der Waals surface area (Å²) in [7, 11) is 0. The third kappa shape index (κ3) is 5.77. The van der Waals surface area contributed by atoms with Crippen LogP contribution < -0.4 is 5.32 Å². The van der Waals surface area contributed by atoms with Gasteiger partial charge in [-0.1, -0.05) is 25.3 Å². The van der Waals surface area contributed by atoms with Crippen LogP contribution in [0.1, 0.15) is 37.0 Å². The summed E-state index contributed by atoms with van der Waals surface area (Å²) in [5, 5.41) is 14.3. The molecule has 5 heteroatoms. The Kier molecular flexibility index (Phi) is 7.19. The van der Waals surface area contributed by atoms with Gasteiger partial charge in [-0.05, 0) is 30.7 Å². The number of hydrogen-bond donors (Lipinski definition) is 2. The van der Waals surface area contributed by atoms with Crippen molar-refractivity contribution in [2.75, 3.05) is 26.2 Å². The van der Waals surface area contributed by atoms with Crippen LogP contribution in [0.5, 0.6) is 0 Å². The third-order valence-electron chi connectivity index (χ3n) is 4.10. The van der Waals surface area contributed by atoms with E-state index in [9.17, 15) is 9.90 Å². The minimum atomic E-state index is 0.0746. The molecule has 1 fully saturated rings. The number of nitrogens with one attached hydrogen (secondary N) is 1. The Labute approximate surface area is 131 Å². The van der Waals surface area contributed by atoms with E-state index in [0.717, 1.165) is 19.3 Å². The fourth-order valence-corrected chi connectivity index (χ4v) is 3.69. The van der Waals surface area contributed by atoms with Crippen LogP contribution in [0.15, 0.2) is 17.5 Å². The molecule has 1 aliphatic carbocycles. The number of hydrogen-bond acceptors (Lipinski definition) is 4. The van der Waals surface area contributed by atoms with Crippen LogP contribution in [0.3, 0.4) is 0 Å². The molecule has 1 amide bonds. The van der Waals surface area contributed by atoms with E-state index in [0.29, 0.717) is 25.7 Å². The SMILES string of the molecule is O=C(CN(CCO)C1CCCCC1)NCCc1cccs1. The second-order valence-electron chi connectivity index (χ2n) is 5.67. The van der Waals surface area contributed by atoms with E-state index in [4.69, 9.17) is 0 Å². The molecule has 2 N–H and O–H groups in total. The highest BCUT2D eigenvalue weighted by Gasteiger charge is 2.22. The molecule has 0 aliphatic heterocycles. The molecule has 21 heavy (non-hydrogen) atoms. The number of aliphatic hydroxyl groups is 1. The second kappa shape index (κ2) is 9.18. The molecule has 0 unspecified atom stereocenters. The molecule has 1 saturated carbocycles. The van der Waals surface area contributed by atoms with Crippen LogP contribution in [0.2, 0.25) is 0 Å². The van der Waals surface area contributed by atoms with Crippen molar-refractivity contribution >= 4 is 17.2 Å². The quantitative estimate of drug-likeness (QED) is 0.772. The summed E-state index contributed by atoms with van der Waals surface area (Å²) >= 11 is 1.72. The van der Waals surface area contributed by atoms with Crippen molar-refractivity contribution in [1.29, 1.82) is 0 Å². The van der Waals surface area contributed by atoms with Crippen LogP contribution in [0.25, 0.3) is 0 Å². The predicted octanol–water partition coefficient (Wildman–Crippen LogP) is 2.03. The zero-order valence-electron chi connectivity index (χ0n) is 12.6. The van der Waals surface area contributed by atoms with E-state index in [-0.39, 0.29) is 12.5 Å². The maximum absolute atomic E-state index is 12.1. The lowest BCUT2D eigenvalue weighted by Crippen LogP contribution is -2.45. The van der Waals surface area contributed by atoms with Crippen molar-refractivity contribution in [3.8, 4) is 0 Å². The summed E-state index contributed by atoms with van der Waals surface area (Å²) in [6, 6.07) is 4.60. The number of aliphatic hydroxyl groups excluding tert-OH is 1. The Morgan fingerprint density at radius 2 is 2.19 bits per heavy atom. The molecule has 0 bridgehead atoms. The maximum Gasteiger partial charge on any atom is 0.234 e. The molecule has 0 spiro atoms. The Balaban J connectivity index is 1.72. The Hall–Kier alpha value is -0.910. The average molecular weight is 310 g/mol. The lowest BCUT2D eigenvalue weighted by Gasteiger charge is -2.33. The second-order valence-corrected chi connectivity index (χ2v) is 6.70. The van der Waals surface area contributed by atoms with E-state index in [1.54, 1.807) is 11.3 Å². The van der Waals surface area contributed by atoms with Crippen LogP contribution >= 0.6 is 11.3 Å². The van der Waals surface area contributed by atoms with Gasteiger partial charge < -0.3 is 10.4 Å². The Morgan fingerprint density at radius 1 is 1.38 bits per heavy atom. The first-order valence-electron chi connectivity index (χ1n) is 7.93. The third-order valence-corrected chi connectivity index (χ3v) is 5.03. The molecule has 0 atom stereocenters. The van der Waals surface area contributed by atoms with Crippen molar-refractivity contribution in [2.45, 2.75) is 44.6 Å². The number of amides is 1. The lowest BCUT2D eigenvalue weighted by atomic mass is 9.94. The minimum Gasteiger partial charge on any atom is -0.395 e. The van der Waals surface area contributed by atoms with Gasteiger partial charge in [-0.25, -0.2) is 0 Å². The largest absolute Gasteiger partial charge is 0.395 e. The molecule has 1 aromatic rings. The standard InChI is InChI=1S/C16H26N2O2S/c19-11-10-18(14-5-2-1-3-6-14)13-16(20)17-9-8-15-7-4-12-21-15/h4,7,12,14,19H,1-3,5-6,8-11,13H2,(H,17,20). The number of rotatable bonds is 8. The first-order valence-corrected chi connectivity index (χ1v) is 8.81. The molecule has 0 aromatic carbocycles. The van der Waals surface area contributed by atoms with Gasteiger partial charge in [0.2, 0.25) is 5.91 Å². The monoisotopic (exact) mass is 310 g/mol. The van der Waals surface area contributed by atoms with E-state index in [2.05, 4.69) is 21.7 Å². The molecule has 2 rings (SSSR count). The van der Waals surface area contributed by atoms with Crippen LogP contribution in [0, 0.1) is 0 Å². The van der Waals surface area contributed by atoms with E-state index < -0.39 is 0 Å². The molecule has 0 radical (unpaired) electrons. The lowest BCUT2D eigenvalue weighted by molar-refractivity contribution is -0.123. The Morgan fingerprint density at radius 3 is 2.86 bits per heavy atom. The highest BCUT2D eigenvalue weighted by molar-refractivity contribution is 7.09. The zero-order chi connectivity index (χ0) is 14.9. The van der Waals surface area contributed by atoms with Crippen molar-refractivity contribution in [3.05, 3.63) is 22.4 Å². The molecule has 1 aliphatic rings. The van der Waals surface area contributed by atoms with Crippen molar-refractivity contribution < 1.29 is 9.90 Å². The molecule has 0 saturated heterocycles. The summed E-state index contributed by atoms with van der Waals surface area (Å²) < 4.78 is 0.